The third kappa shape index (κ3) is 4.40. The van der Waals surface area contributed by atoms with Crippen molar-refractivity contribution in [3.05, 3.63) is 52.7 Å². The van der Waals surface area contributed by atoms with Crippen molar-refractivity contribution < 1.29 is 4.74 Å². The number of nitriles is 1. The number of likely N-dealkylation sites (N-methyl/N-ethyl adjacent to an activating group) is 1. The van der Waals surface area contributed by atoms with Crippen molar-refractivity contribution in [2.75, 3.05) is 56.2 Å². The summed E-state index contributed by atoms with van der Waals surface area (Å²) in [5, 5.41) is 12.4. The lowest BCUT2D eigenvalue weighted by Crippen LogP contribution is -2.43. The maximum absolute atomic E-state index is 9.45. The highest BCUT2D eigenvalue weighted by atomic mass is 35.5. The minimum Gasteiger partial charge on any atom is -0.461 e. The molecule has 7 rings (SSSR count). The molecule has 3 fully saturated rings. The highest BCUT2D eigenvalue weighted by molar-refractivity contribution is 6.36. The van der Waals surface area contributed by atoms with Crippen molar-refractivity contribution in [3.8, 4) is 12.2 Å². The van der Waals surface area contributed by atoms with Crippen LogP contribution in [0.15, 0.2) is 36.4 Å². The SMILES string of the molecule is CN(c1nc(OCC23CCCN2CCC3)nc2c1CCN(c1cccc3cccc(Cl)c13)C2)C1CCN(C#N)C1. The van der Waals surface area contributed by atoms with Crippen molar-refractivity contribution in [1.29, 1.82) is 5.26 Å². The predicted octanol–water partition coefficient (Wildman–Crippen LogP) is 4.84. The van der Waals surface area contributed by atoms with Crippen LogP contribution in [0.25, 0.3) is 10.8 Å². The van der Waals surface area contributed by atoms with Gasteiger partial charge < -0.3 is 19.4 Å². The molecular weight excluding hydrogens is 522 g/mol. The van der Waals surface area contributed by atoms with Crippen molar-refractivity contribution in [2.45, 2.75) is 56.7 Å². The van der Waals surface area contributed by atoms with Gasteiger partial charge in [0, 0.05) is 43.3 Å². The summed E-state index contributed by atoms with van der Waals surface area (Å²) in [4.78, 5) is 19.2. The number of likely N-dealkylation sites (tertiary alicyclic amines) is 1. The second kappa shape index (κ2) is 10.3. The van der Waals surface area contributed by atoms with Crippen LogP contribution in [0.4, 0.5) is 11.5 Å². The molecule has 5 heterocycles. The summed E-state index contributed by atoms with van der Waals surface area (Å²) in [6, 6.07) is 13.2. The van der Waals surface area contributed by atoms with Crippen molar-refractivity contribution in [1.82, 2.24) is 19.8 Å². The number of rotatable bonds is 6. The fourth-order valence-electron chi connectivity index (χ4n) is 7.47. The van der Waals surface area contributed by atoms with Gasteiger partial charge in [-0.05, 0) is 69.1 Å². The van der Waals surface area contributed by atoms with E-state index in [1.165, 1.54) is 44.3 Å². The number of benzene rings is 2. The number of nitrogens with zero attached hydrogens (tertiary/aromatic N) is 7. The minimum atomic E-state index is 0.135. The highest BCUT2D eigenvalue weighted by Gasteiger charge is 2.45. The van der Waals surface area contributed by atoms with E-state index in [2.05, 4.69) is 52.2 Å². The highest BCUT2D eigenvalue weighted by Crippen LogP contribution is 2.40. The van der Waals surface area contributed by atoms with E-state index in [9.17, 15) is 5.26 Å². The molecule has 0 bridgehead atoms. The van der Waals surface area contributed by atoms with Gasteiger partial charge in [-0.1, -0.05) is 35.9 Å². The molecule has 0 N–H and O–H groups in total. The fourth-order valence-corrected chi connectivity index (χ4v) is 7.75. The molecule has 0 saturated carbocycles. The largest absolute Gasteiger partial charge is 0.461 e. The Morgan fingerprint density at radius 1 is 1.10 bits per heavy atom. The standard InChI is InChI=1S/C31H36ClN7O/c1-36(23-10-16-37(18-23)21-33)29-24-11-17-38(27-9-3-7-22-6-2-8-25(32)28(22)27)19-26(24)34-30(35-29)40-20-31-12-4-14-39(31)15-5-13-31/h2-3,6-9,23H,4-5,10-20H2,1H3. The third-order valence-corrected chi connectivity index (χ3v) is 9.98. The average Bonchev–Trinajstić information content (AvgIpc) is 3.71. The van der Waals surface area contributed by atoms with Crippen LogP contribution in [0, 0.1) is 11.5 Å². The molecule has 1 atom stereocenters. The quantitative estimate of drug-likeness (QED) is 0.399. The summed E-state index contributed by atoms with van der Waals surface area (Å²) in [6.45, 7) is 6.02. The van der Waals surface area contributed by atoms with Gasteiger partial charge in [-0.2, -0.15) is 15.2 Å². The van der Waals surface area contributed by atoms with Gasteiger partial charge in [-0.25, -0.2) is 0 Å². The average molecular weight is 558 g/mol. The van der Waals surface area contributed by atoms with E-state index in [-0.39, 0.29) is 11.6 Å². The van der Waals surface area contributed by atoms with Gasteiger partial charge >= 0.3 is 6.01 Å². The first-order valence-electron chi connectivity index (χ1n) is 14.6. The van der Waals surface area contributed by atoms with Crippen LogP contribution in [-0.2, 0) is 13.0 Å². The fraction of sp³-hybridized carbons (Fsp3) is 0.516. The Labute approximate surface area is 241 Å². The van der Waals surface area contributed by atoms with Crippen molar-refractivity contribution >= 4 is 33.9 Å². The smallest absolute Gasteiger partial charge is 0.318 e. The number of ether oxygens (including phenoxy) is 1. The molecule has 3 aromatic rings. The van der Waals surface area contributed by atoms with E-state index in [1.54, 1.807) is 0 Å². The second-order valence-electron chi connectivity index (χ2n) is 11.8. The Bertz CT molecular complexity index is 1460. The van der Waals surface area contributed by atoms with Crippen LogP contribution in [0.3, 0.4) is 0 Å². The number of anilines is 2. The zero-order chi connectivity index (χ0) is 27.3. The lowest BCUT2D eigenvalue weighted by Gasteiger charge is -2.35. The Morgan fingerprint density at radius 3 is 2.67 bits per heavy atom. The monoisotopic (exact) mass is 557 g/mol. The molecular formula is C31H36ClN7O. The topological polar surface area (TPSA) is 71.8 Å². The number of hydrogen-bond acceptors (Lipinski definition) is 8. The molecule has 3 saturated heterocycles. The van der Waals surface area contributed by atoms with E-state index in [1.807, 2.05) is 17.0 Å². The summed E-state index contributed by atoms with van der Waals surface area (Å²) in [7, 11) is 2.11. The summed E-state index contributed by atoms with van der Waals surface area (Å²) < 4.78 is 6.49. The van der Waals surface area contributed by atoms with Gasteiger partial charge in [0.15, 0.2) is 6.19 Å². The molecule has 4 aliphatic heterocycles. The summed E-state index contributed by atoms with van der Waals surface area (Å²) in [5.41, 5.74) is 3.48. The number of aromatic nitrogens is 2. The minimum absolute atomic E-state index is 0.135. The molecule has 1 aromatic heterocycles. The number of halogens is 1. The normalized spacial score (nSPS) is 21.9. The Balaban J connectivity index is 1.23. The first-order valence-corrected chi connectivity index (χ1v) is 15.0. The molecule has 8 nitrogen and oxygen atoms in total. The van der Waals surface area contributed by atoms with Gasteiger partial charge in [0.25, 0.3) is 0 Å². The Kier molecular flexibility index (Phi) is 6.60. The molecule has 0 spiro atoms. The van der Waals surface area contributed by atoms with Crippen LogP contribution < -0.4 is 14.5 Å². The van der Waals surface area contributed by atoms with E-state index in [4.69, 9.17) is 26.3 Å². The maximum Gasteiger partial charge on any atom is 0.318 e. The summed E-state index contributed by atoms with van der Waals surface area (Å²) in [6.07, 6.45) is 8.94. The van der Waals surface area contributed by atoms with Crippen LogP contribution in [0.1, 0.15) is 43.4 Å². The van der Waals surface area contributed by atoms with Crippen molar-refractivity contribution in [2.24, 2.45) is 0 Å². The molecule has 9 heteroatoms. The summed E-state index contributed by atoms with van der Waals surface area (Å²) in [5.74, 6) is 0.951. The van der Waals surface area contributed by atoms with Gasteiger partial charge in [0.1, 0.15) is 12.4 Å². The van der Waals surface area contributed by atoms with Gasteiger partial charge in [0.2, 0.25) is 0 Å². The van der Waals surface area contributed by atoms with E-state index in [0.29, 0.717) is 19.2 Å². The van der Waals surface area contributed by atoms with Crippen LogP contribution in [0.2, 0.25) is 5.02 Å². The predicted molar refractivity (Wildman–Crippen MR) is 158 cm³/mol. The molecule has 4 aliphatic rings. The Hall–Kier alpha value is -3.28. The molecule has 2 aromatic carbocycles. The van der Waals surface area contributed by atoms with Gasteiger partial charge in [0.05, 0.1) is 28.8 Å². The van der Waals surface area contributed by atoms with E-state index < -0.39 is 0 Å². The second-order valence-corrected chi connectivity index (χ2v) is 12.3. The molecule has 0 aliphatic carbocycles. The summed E-state index contributed by atoms with van der Waals surface area (Å²) >= 11 is 6.71. The van der Waals surface area contributed by atoms with Gasteiger partial charge in [-0.15, -0.1) is 0 Å². The molecule has 0 radical (unpaired) electrons. The zero-order valence-corrected chi connectivity index (χ0v) is 23.9. The zero-order valence-electron chi connectivity index (χ0n) is 23.2. The van der Waals surface area contributed by atoms with Crippen molar-refractivity contribution in [3.63, 3.8) is 0 Å². The molecule has 208 valence electrons. The number of hydrogen-bond donors (Lipinski definition) is 0. The first kappa shape index (κ1) is 25.7. The molecule has 40 heavy (non-hydrogen) atoms. The Morgan fingerprint density at radius 2 is 1.90 bits per heavy atom. The molecule has 1 unspecified atom stereocenters. The van der Waals surface area contributed by atoms with E-state index in [0.717, 1.165) is 65.5 Å². The van der Waals surface area contributed by atoms with Gasteiger partial charge in [-0.3, -0.25) is 4.90 Å². The van der Waals surface area contributed by atoms with Crippen LogP contribution >= 0.6 is 11.6 Å². The first-order chi connectivity index (χ1) is 19.5. The number of fused-ring (bicyclic) bond motifs is 3. The maximum atomic E-state index is 9.45. The lowest BCUT2D eigenvalue weighted by molar-refractivity contribution is 0.107. The third-order valence-electron chi connectivity index (χ3n) is 9.66. The van der Waals surface area contributed by atoms with Crippen LogP contribution in [-0.4, -0.2) is 77.7 Å². The lowest BCUT2D eigenvalue weighted by atomic mass is 9.95. The van der Waals surface area contributed by atoms with Crippen LogP contribution in [0.5, 0.6) is 6.01 Å². The molecule has 0 amide bonds. The van der Waals surface area contributed by atoms with E-state index >= 15 is 0 Å².